The van der Waals surface area contributed by atoms with Gasteiger partial charge in [-0.3, -0.25) is 14.6 Å². The van der Waals surface area contributed by atoms with Crippen LogP contribution in [-0.2, 0) is 11.3 Å². The fourth-order valence-electron chi connectivity index (χ4n) is 3.81. The first-order chi connectivity index (χ1) is 14.7. The molecule has 1 saturated heterocycles. The van der Waals surface area contributed by atoms with Gasteiger partial charge in [-0.05, 0) is 34.5 Å². The van der Waals surface area contributed by atoms with Crippen molar-refractivity contribution in [3.63, 3.8) is 0 Å². The number of nitrogens with one attached hydrogen (secondary N) is 1. The number of piperazine rings is 1. The van der Waals surface area contributed by atoms with E-state index >= 15 is 0 Å². The quantitative estimate of drug-likeness (QED) is 0.626. The summed E-state index contributed by atoms with van der Waals surface area (Å²) in [5.41, 5.74) is 2.02. The third kappa shape index (κ3) is 4.75. The highest BCUT2D eigenvalue weighted by molar-refractivity contribution is 7.17. The predicted molar refractivity (Wildman–Crippen MR) is 122 cm³/mol. The summed E-state index contributed by atoms with van der Waals surface area (Å²) >= 11 is 1.81. The molecule has 6 nitrogen and oxygen atoms in total. The lowest BCUT2D eigenvalue weighted by Crippen LogP contribution is -2.48. The van der Waals surface area contributed by atoms with Crippen LogP contribution in [0.5, 0.6) is 11.5 Å². The molecule has 0 unspecified atom stereocenters. The Morgan fingerprint density at radius 1 is 1.03 bits per heavy atom. The van der Waals surface area contributed by atoms with Crippen molar-refractivity contribution in [2.24, 2.45) is 0 Å². The van der Waals surface area contributed by atoms with Gasteiger partial charge in [-0.2, -0.15) is 0 Å². The molecule has 30 heavy (non-hydrogen) atoms. The molecule has 1 aliphatic rings. The second-order valence-corrected chi connectivity index (χ2v) is 8.34. The second-order valence-electron chi connectivity index (χ2n) is 7.42. The highest BCUT2D eigenvalue weighted by atomic mass is 32.1. The van der Waals surface area contributed by atoms with Crippen LogP contribution in [0.25, 0.3) is 10.1 Å². The van der Waals surface area contributed by atoms with Crippen molar-refractivity contribution < 1.29 is 14.3 Å². The molecule has 0 atom stereocenters. The average molecular weight is 426 g/mol. The zero-order valence-electron chi connectivity index (χ0n) is 17.4. The van der Waals surface area contributed by atoms with Crippen molar-refractivity contribution in [1.29, 1.82) is 0 Å². The van der Waals surface area contributed by atoms with Gasteiger partial charge in [-0.25, -0.2) is 0 Å². The number of ether oxygens (including phenoxy) is 2. The molecule has 4 rings (SSSR count). The number of hydrogen-bond acceptors (Lipinski definition) is 6. The third-order valence-corrected chi connectivity index (χ3v) is 6.48. The van der Waals surface area contributed by atoms with Crippen molar-refractivity contribution >= 4 is 33.0 Å². The van der Waals surface area contributed by atoms with Gasteiger partial charge in [0, 0.05) is 43.5 Å². The summed E-state index contributed by atoms with van der Waals surface area (Å²) in [6.45, 7) is 5.01. The van der Waals surface area contributed by atoms with E-state index in [1.165, 1.54) is 15.6 Å². The lowest BCUT2D eigenvalue weighted by molar-refractivity contribution is -0.117. The number of carbonyl (C=O) groups is 1. The molecule has 1 aromatic heterocycles. The van der Waals surface area contributed by atoms with Gasteiger partial charge in [0.05, 0.1) is 26.5 Å². The van der Waals surface area contributed by atoms with E-state index in [2.05, 4.69) is 44.8 Å². The predicted octanol–water partition coefficient (Wildman–Crippen LogP) is 3.67. The Kier molecular flexibility index (Phi) is 6.52. The second kappa shape index (κ2) is 9.47. The number of benzene rings is 2. The Bertz CT molecular complexity index is 1010. The number of carbonyl (C=O) groups excluding carboxylic acids is 1. The minimum atomic E-state index is -0.0427. The van der Waals surface area contributed by atoms with E-state index in [-0.39, 0.29) is 5.91 Å². The SMILES string of the molecule is COc1ccc(OC)c(NC(=O)CN2CCN(Cc3csc4ccccc34)CC2)c1. The molecule has 1 N–H and O–H groups in total. The van der Waals surface area contributed by atoms with Crippen LogP contribution < -0.4 is 14.8 Å². The molecule has 2 heterocycles. The van der Waals surface area contributed by atoms with Crippen LogP contribution in [-0.4, -0.2) is 62.7 Å². The van der Waals surface area contributed by atoms with Gasteiger partial charge < -0.3 is 14.8 Å². The molecule has 158 valence electrons. The number of rotatable bonds is 7. The van der Waals surface area contributed by atoms with E-state index in [4.69, 9.17) is 9.47 Å². The molecule has 0 aliphatic carbocycles. The number of nitrogens with zero attached hydrogens (tertiary/aromatic N) is 2. The first-order valence-corrected chi connectivity index (χ1v) is 11.0. The largest absolute Gasteiger partial charge is 0.497 e. The number of amides is 1. The van der Waals surface area contributed by atoms with E-state index in [9.17, 15) is 4.79 Å². The standard InChI is InChI=1S/C23H27N3O3S/c1-28-18-7-8-21(29-2)20(13-18)24-23(27)15-26-11-9-25(10-12-26)14-17-16-30-22-6-4-3-5-19(17)22/h3-8,13,16H,9-12,14-15H2,1-2H3,(H,24,27). The van der Waals surface area contributed by atoms with Crippen LogP contribution in [0.4, 0.5) is 5.69 Å². The summed E-state index contributed by atoms with van der Waals surface area (Å²) in [6.07, 6.45) is 0. The number of thiophene rings is 1. The summed E-state index contributed by atoms with van der Waals surface area (Å²) in [6, 6.07) is 14.0. The maximum Gasteiger partial charge on any atom is 0.238 e. The summed E-state index contributed by atoms with van der Waals surface area (Å²) in [5.74, 6) is 1.26. The number of anilines is 1. The molecular weight excluding hydrogens is 398 g/mol. The van der Waals surface area contributed by atoms with E-state index in [1.54, 1.807) is 26.4 Å². The van der Waals surface area contributed by atoms with Crippen molar-refractivity contribution in [3.8, 4) is 11.5 Å². The van der Waals surface area contributed by atoms with Gasteiger partial charge in [0.1, 0.15) is 11.5 Å². The number of methoxy groups -OCH3 is 2. The molecule has 7 heteroatoms. The minimum Gasteiger partial charge on any atom is -0.497 e. The van der Waals surface area contributed by atoms with Crippen LogP contribution in [0.15, 0.2) is 47.8 Å². The van der Waals surface area contributed by atoms with Gasteiger partial charge in [-0.1, -0.05) is 18.2 Å². The molecule has 3 aromatic rings. The minimum absolute atomic E-state index is 0.0427. The van der Waals surface area contributed by atoms with E-state index in [0.29, 0.717) is 23.7 Å². The summed E-state index contributed by atoms with van der Waals surface area (Å²) in [5, 5.41) is 6.58. The topological polar surface area (TPSA) is 54.0 Å². The van der Waals surface area contributed by atoms with Gasteiger partial charge in [0.2, 0.25) is 5.91 Å². The maximum atomic E-state index is 12.6. The van der Waals surface area contributed by atoms with E-state index in [1.807, 2.05) is 17.4 Å². The van der Waals surface area contributed by atoms with E-state index < -0.39 is 0 Å². The molecule has 1 amide bonds. The fourth-order valence-corrected chi connectivity index (χ4v) is 4.76. The maximum absolute atomic E-state index is 12.6. The Morgan fingerprint density at radius 3 is 2.57 bits per heavy atom. The molecular formula is C23H27N3O3S. The summed E-state index contributed by atoms with van der Waals surface area (Å²) in [7, 11) is 3.19. The van der Waals surface area contributed by atoms with Crippen molar-refractivity contribution in [3.05, 3.63) is 53.4 Å². The Hall–Kier alpha value is -2.61. The van der Waals surface area contributed by atoms with Crippen LogP contribution in [0.2, 0.25) is 0 Å². The highest BCUT2D eigenvalue weighted by Gasteiger charge is 2.20. The van der Waals surface area contributed by atoms with Crippen molar-refractivity contribution in [2.45, 2.75) is 6.54 Å². The van der Waals surface area contributed by atoms with Crippen LogP contribution in [0, 0.1) is 0 Å². The van der Waals surface area contributed by atoms with Crippen molar-refractivity contribution in [2.75, 3.05) is 52.3 Å². The van der Waals surface area contributed by atoms with Crippen LogP contribution in [0.3, 0.4) is 0 Å². The van der Waals surface area contributed by atoms with Crippen LogP contribution in [0.1, 0.15) is 5.56 Å². The fraction of sp³-hybridized carbons (Fsp3) is 0.348. The number of fused-ring (bicyclic) bond motifs is 1. The van der Waals surface area contributed by atoms with Gasteiger partial charge in [-0.15, -0.1) is 11.3 Å². The van der Waals surface area contributed by atoms with Gasteiger partial charge in [0.25, 0.3) is 0 Å². The van der Waals surface area contributed by atoms with Gasteiger partial charge >= 0.3 is 0 Å². The molecule has 2 aromatic carbocycles. The summed E-state index contributed by atoms with van der Waals surface area (Å²) in [4.78, 5) is 17.2. The Labute approximate surface area is 181 Å². The molecule has 0 spiro atoms. The lowest BCUT2D eigenvalue weighted by atomic mass is 10.1. The monoisotopic (exact) mass is 425 g/mol. The summed E-state index contributed by atoms with van der Waals surface area (Å²) < 4.78 is 11.9. The average Bonchev–Trinajstić information content (AvgIpc) is 3.18. The molecule has 0 radical (unpaired) electrons. The Balaban J connectivity index is 1.29. The Morgan fingerprint density at radius 2 is 1.80 bits per heavy atom. The zero-order valence-corrected chi connectivity index (χ0v) is 18.2. The molecule has 1 fully saturated rings. The van der Waals surface area contributed by atoms with E-state index in [0.717, 1.165) is 32.7 Å². The smallest absolute Gasteiger partial charge is 0.238 e. The molecule has 0 saturated carbocycles. The third-order valence-electron chi connectivity index (χ3n) is 5.47. The molecule has 0 bridgehead atoms. The highest BCUT2D eigenvalue weighted by Crippen LogP contribution is 2.29. The number of hydrogen-bond donors (Lipinski definition) is 1. The van der Waals surface area contributed by atoms with Crippen molar-refractivity contribution in [1.82, 2.24) is 9.80 Å². The van der Waals surface area contributed by atoms with Gasteiger partial charge in [0.15, 0.2) is 0 Å². The zero-order chi connectivity index (χ0) is 20.9. The normalized spacial score (nSPS) is 15.3. The lowest BCUT2D eigenvalue weighted by Gasteiger charge is -2.34. The van der Waals surface area contributed by atoms with Crippen LogP contribution >= 0.6 is 11.3 Å². The molecule has 1 aliphatic heterocycles. The first kappa shape index (κ1) is 20.7. The first-order valence-electron chi connectivity index (χ1n) is 10.1.